The van der Waals surface area contributed by atoms with E-state index in [-0.39, 0.29) is 6.71 Å². The number of hydrogen-bond donors (Lipinski definition) is 0. The van der Waals surface area contributed by atoms with E-state index in [1.54, 1.807) is 0 Å². The van der Waals surface area contributed by atoms with Crippen LogP contribution in [0.25, 0.3) is 45.3 Å². The largest absolute Gasteiger partial charge is 0.311 e. The number of aryl methyl sites for hydroxylation is 3. The number of rotatable bonds is 4. The highest BCUT2D eigenvalue weighted by atomic mass is 15.2. The van der Waals surface area contributed by atoms with Crippen LogP contribution in [0.1, 0.15) is 16.7 Å². The van der Waals surface area contributed by atoms with E-state index < -0.39 is 0 Å². The summed E-state index contributed by atoms with van der Waals surface area (Å²) < 4.78 is 0. The lowest BCUT2D eigenvalue weighted by Crippen LogP contribution is -2.54. The lowest BCUT2D eigenvalue weighted by atomic mass is 9.37. The molecule has 0 atom stereocenters. The normalized spacial score (nSPS) is 12.5. The van der Waals surface area contributed by atoms with Gasteiger partial charge >= 0.3 is 0 Å². The summed E-state index contributed by atoms with van der Waals surface area (Å²) in [7, 11) is 0. The van der Waals surface area contributed by atoms with E-state index in [1.165, 1.54) is 55.6 Å². The van der Waals surface area contributed by atoms with Crippen molar-refractivity contribution in [3.05, 3.63) is 150 Å². The predicted molar refractivity (Wildman–Crippen MR) is 195 cm³/mol. The van der Waals surface area contributed by atoms with Crippen LogP contribution >= 0.6 is 0 Å². The standard InChI is InChI=1S/C42H31BN4/c1-26-11-10-16-32(21-26)47-37-23-28(3)18-20-36(37)43-35-19-17-27(2)22-33(35)34-24-31(25-38(47)39(34)43)42-45-40(29-12-6-4-7-13-29)44-41(46-42)30-14-8-5-9-15-30/h4-25H,1-3H3. The molecule has 0 unspecified atom stereocenters. The van der Waals surface area contributed by atoms with Crippen molar-refractivity contribution in [1.29, 1.82) is 0 Å². The zero-order valence-electron chi connectivity index (χ0n) is 26.6. The summed E-state index contributed by atoms with van der Waals surface area (Å²) in [5, 5.41) is 0. The molecule has 0 amide bonds. The molecule has 1 aromatic heterocycles. The van der Waals surface area contributed by atoms with E-state index in [9.17, 15) is 0 Å². The molecule has 7 aromatic rings. The second kappa shape index (κ2) is 10.6. The Morgan fingerprint density at radius 1 is 0.447 bits per heavy atom. The van der Waals surface area contributed by atoms with Crippen LogP contribution in [0.5, 0.6) is 0 Å². The summed E-state index contributed by atoms with van der Waals surface area (Å²) in [5.74, 6) is 1.98. The van der Waals surface area contributed by atoms with E-state index in [0.29, 0.717) is 17.5 Å². The topological polar surface area (TPSA) is 41.9 Å². The maximum atomic E-state index is 5.14. The Morgan fingerprint density at radius 3 is 1.70 bits per heavy atom. The van der Waals surface area contributed by atoms with E-state index >= 15 is 0 Å². The van der Waals surface area contributed by atoms with Gasteiger partial charge in [0.1, 0.15) is 0 Å². The molecule has 0 aliphatic carbocycles. The van der Waals surface area contributed by atoms with Gasteiger partial charge in [0.25, 0.3) is 0 Å². The third-order valence-corrected chi connectivity index (χ3v) is 9.45. The summed E-state index contributed by atoms with van der Waals surface area (Å²) in [6.45, 7) is 6.67. The molecule has 0 bridgehead atoms. The molecule has 4 nitrogen and oxygen atoms in total. The molecule has 2 aliphatic heterocycles. The van der Waals surface area contributed by atoms with Gasteiger partial charge in [0.2, 0.25) is 6.71 Å². The minimum Gasteiger partial charge on any atom is -0.311 e. The van der Waals surface area contributed by atoms with Crippen molar-refractivity contribution in [1.82, 2.24) is 15.0 Å². The van der Waals surface area contributed by atoms with Gasteiger partial charge in [-0.2, -0.15) is 0 Å². The molecule has 0 spiro atoms. The molecule has 0 saturated carbocycles. The van der Waals surface area contributed by atoms with Crippen molar-refractivity contribution in [2.75, 3.05) is 4.90 Å². The number of benzene rings is 6. The Hall–Kier alpha value is -5.81. The van der Waals surface area contributed by atoms with Crippen molar-refractivity contribution in [2.24, 2.45) is 0 Å². The van der Waals surface area contributed by atoms with Crippen LogP contribution in [0.2, 0.25) is 0 Å². The van der Waals surface area contributed by atoms with Crippen molar-refractivity contribution >= 4 is 40.2 Å². The second-order valence-electron chi connectivity index (χ2n) is 12.8. The highest BCUT2D eigenvalue weighted by Crippen LogP contribution is 2.43. The van der Waals surface area contributed by atoms with Gasteiger partial charge in [-0.3, -0.25) is 0 Å². The zero-order chi connectivity index (χ0) is 31.6. The summed E-state index contributed by atoms with van der Waals surface area (Å²) >= 11 is 0. The Morgan fingerprint density at radius 2 is 1.04 bits per heavy atom. The molecule has 5 heteroatoms. The van der Waals surface area contributed by atoms with Crippen molar-refractivity contribution in [3.63, 3.8) is 0 Å². The average Bonchev–Trinajstić information content (AvgIpc) is 3.43. The third-order valence-electron chi connectivity index (χ3n) is 9.45. The maximum absolute atomic E-state index is 5.14. The minimum atomic E-state index is 0.152. The highest BCUT2D eigenvalue weighted by molar-refractivity contribution is 7.01. The maximum Gasteiger partial charge on any atom is 0.248 e. The van der Waals surface area contributed by atoms with Crippen LogP contribution in [0, 0.1) is 20.8 Å². The van der Waals surface area contributed by atoms with Crippen LogP contribution in [0.3, 0.4) is 0 Å². The van der Waals surface area contributed by atoms with Gasteiger partial charge in [0.05, 0.1) is 0 Å². The molecular formula is C42H31BN4. The molecule has 47 heavy (non-hydrogen) atoms. The third kappa shape index (κ3) is 4.50. The Bertz CT molecular complexity index is 2290. The van der Waals surface area contributed by atoms with Gasteiger partial charge in [-0.25, -0.2) is 15.0 Å². The molecule has 0 radical (unpaired) electrons. The quantitative estimate of drug-likeness (QED) is 0.191. The number of aromatic nitrogens is 3. The van der Waals surface area contributed by atoms with Gasteiger partial charge in [-0.1, -0.05) is 114 Å². The van der Waals surface area contributed by atoms with Crippen molar-refractivity contribution in [3.8, 4) is 45.3 Å². The lowest BCUT2D eigenvalue weighted by Gasteiger charge is -2.36. The number of hydrogen-bond acceptors (Lipinski definition) is 4. The SMILES string of the molecule is Cc1cccc(N2c3cc(C)ccc3B3c4ccc(C)cc4-c4cc(-c5nc(-c6ccccc6)nc(-c6ccccc6)n5)cc2c43)c1. The molecule has 9 rings (SSSR count). The first-order valence-corrected chi connectivity index (χ1v) is 16.2. The number of anilines is 3. The Balaban J connectivity index is 1.36. The monoisotopic (exact) mass is 602 g/mol. The van der Waals surface area contributed by atoms with Gasteiger partial charge < -0.3 is 4.90 Å². The summed E-state index contributed by atoms with van der Waals surface area (Å²) in [6, 6.07) is 47.6. The molecular weight excluding hydrogens is 571 g/mol. The Labute approximate surface area is 275 Å². The van der Waals surface area contributed by atoms with E-state index in [4.69, 9.17) is 15.0 Å². The summed E-state index contributed by atoms with van der Waals surface area (Å²) in [4.78, 5) is 17.7. The van der Waals surface area contributed by atoms with Crippen LogP contribution in [0.4, 0.5) is 17.1 Å². The zero-order valence-corrected chi connectivity index (χ0v) is 26.6. The fraction of sp³-hybridized carbons (Fsp3) is 0.0714. The predicted octanol–water partition coefficient (Wildman–Crippen LogP) is 8.08. The van der Waals surface area contributed by atoms with Crippen LogP contribution in [-0.2, 0) is 0 Å². The molecule has 0 saturated heterocycles. The van der Waals surface area contributed by atoms with Crippen molar-refractivity contribution < 1.29 is 0 Å². The first-order valence-electron chi connectivity index (χ1n) is 16.2. The van der Waals surface area contributed by atoms with E-state index in [1.807, 2.05) is 36.4 Å². The molecule has 3 heterocycles. The molecule has 0 fully saturated rings. The second-order valence-corrected chi connectivity index (χ2v) is 12.8. The lowest BCUT2D eigenvalue weighted by molar-refractivity contribution is 1.07. The Kier molecular flexibility index (Phi) is 6.22. The van der Waals surface area contributed by atoms with Crippen molar-refractivity contribution in [2.45, 2.75) is 20.8 Å². The molecule has 2 aliphatic rings. The molecule has 0 N–H and O–H groups in total. The summed E-state index contributed by atoms with van der Waals surface area (Å²) in [6.07, 6.45) is 0. The van der Waals surface area contributed by atoms with Gasteiger partial charge in [-0.05, 0) is 84.3 Å². The number of nitrogens with zero attached hydrogens (tertiary/aromatic N) is 4. The first-order chi connectivity index (χ1) is 23.0. The minimum absolute atomic E-state index is 0.152. The average molecular weight is 603 g/mol. The molecule has 222 valence electrons. The number of fused-ring (bicyclic) bond motifs is 5. The van der Waals surface area contributed by atoms with Gasteiger partial charge in [0, 0.05) is 33.8 Å². The van der Waals surface area contributed by atoms with Gasteiger partial charge in [-0.15, -0.1) is 0 Å². The highest BCUT2D eigenvalue weighted by Gasteiger charge is 2.43. The van der Waals surface area contributed by atoms with Crippen LogP contribution < -0.4 is 21.3 Å². The van der Waals surface area contributed by atoms with E-state index in [2.05, 4.69) is 123 Å². The van der Waals surface area contributed by atoms with E-state index in [0.717, 1.165) is 22.4 Å². The first kappa shape index (κ1) is 27.5. The molecule has 6 aromatic carbocycles. The van der Waals surface area contributed by atoms with Crippen LogP contribution in [0.15, 0.2) is 133 Å². The smallest absolute Gasteiger partial charge is 0.248 e. The fourth-order valence-electron chi connectivity index (χ4n) is 7.32. The fourth-order valence-corrected chi connectivity index (χ4v) is 7.32. The van der Waals surface area contributed by atoms with Crippen LogP contribution in [-0.4, -0.2) is 21.7 Å². The van der Waals surface area contributed by atoms with Gasteiger partial charge in [0.15, 0.2) is 17.5 Å². The summed E-state index contributed by atoms with van der Waals surface area (Å²) in [5.41, 5.74) is 16.7.